The van der Waals surface area contributed by atoms with E-state index < -0.39 is 0 Å². The molecule has 0 atom stereocenters. The van der Waals surface area contributed by atoms with Gasteiger partial charge in [0.05, 0.1) is 25.0 Å². The first-order valence-corrected chi connectivity index (χ1v) is 5.02. The Hall–Kier alpha value is -1.71. The lowest BCUT2D eigenvalue weighted by Gasteiger charge is -2.05. The molecule has 0 saturated carbocycles. The molecular weight excluding hydrogens is 208 g/mol. The van der Waals surface area contributed by atoms with Gasteiger partial charge in [-0.25, -0.2) is 0 Å². The maximum Gasteiger partial charge on any atom is 0.166 e. The predicted molar refractivity (Wildman–Crippen MR) is 57.8 cm³/mol. The van der Waals surface area contributed by atoms with E-state index in [-0.39, 0.29) is 6.61 Å². The van der Waals surface area contributed by atoms with Crippen molar-refractivity contribution in [1.29, 1.82) is 5.26 Å². The van der Waals surface area contributed by atoms with Crippen LogP contribution in [0.1, 0.15) is 12.0 Å². The number of hydrogen-bond donors (Lipinski definition) is 2. The average Bonchev–Trinajstić information content (AvgIpc) is 2.34. The molecule has 0 fully saturated rings. The average molecular weight is 222 g/mol. The number of anilines is 1. The van der Waals surface area contributed by atoms with Crippen LogP contribution in [0.15, 0.2) is 12.3 Å². The highest BCUT2D eigenvalue weighted by Crippen LogP contribution is 2.07. The van der Waals surface area contributed by atoms with Gasteiger partial charge in [-0.2, -0.15) is 10.4 Å². The van der Waals surface area contributed by atoms with Gasteiger partial charge in [-0.3, -0.25) is 0 Å². The van der Waals surface area contributed by atoms with Crippen molar-refractivity contribution in [3.05, 3.63) is 17.8 Å². The number of nitrogens with one attached hydrogen (secondary N) is 1. The Morgan fingerprint density at radius 1 is 1.50 bits per heavy atom. The molecule has 86 valence electrons. The van der Waals surface area contributed by atoms with Crippen molar-refractivity contribution in [3.8, 4) is 6.07 Å². The number of ether oxygens (including phenoxy) is 1. The van der Waals surface area contributed by atoms with Gasteiger partial charge in [0.15, 0.2) is 5.82 Å². The normalized spacial score (nSPS) is 9.75. The SMILES string of the molecule is N#Cc1ccnnc1NCCCOCCO. The number of nitriles is 1. The van der Waals surface area contributed by atoms with Crippen LogP contribution in [0.4, 0.5) is 5.82 Å². The van der Waals surface area contributed by atoms with E-state index in [1.165, 1.54) is 6.20 Å². The third-order valence-corrected chi connectivity index (χ3v) is 1.83. The quantitative estimate of drug-likeness (QED) is 0.638. The lowest BCUT2D eigenvalue weighted by Crippen LogP contribution is -2.09. The summed E-state index contributed by atoms with van der Waals surface area (Å²) in [6.45, 7) is 1.61. The number of nitrogens with zero attached hydrogens (tertiary/aromatic N) is 3. The topological polar surface area (TPSA) is 91.1 Å². The zero-order valence-electron chi connectivity index (χ0n) is 8.89. The van der Waals surface area contributed by atoms with E-state index in [2.05, 4.69) is 15.5 Å². The third kappa shape index (κ3) is 4.21. The molecule has 0 aromatic carbocycles. The summed E-state index contributed by atoms with van der Waals surface area (Å²) in [5, 5.41) is 27.8. The van der Waals surface area contributed by atoms with Crippen LogP contribution >= 0.6 is 0 Å². The smallest absolute Gasteiger partial charge is 0.166 e. The van der Waals surface area contributed by atoms with E-state index in [4.69, 9.17) is 15.1 Å². The van der Waals surface area contributed by atoms with Gasteiger partial charge in [0, 0.05) is 13.2 Å². The van der Waals surface area contributed by atoms with Crippen molar-refractivity contribution in [2.75, 3.05) is 31.7 Å². The highest BCUT2D eigenvalue weighted by molar-refractivity contribution is 5.49. The molecule has 0 aliphatic rings. The van der Waals surface area contributed by atoms with Crippen LogP contribution in [0.2, 0.25) is 0 Å². The van der Waals surface area contributed by atoms with Gasteiger partial charge in [-0.05, 0) is 12.5 Å². The second-order valence-corrected chi connectivity index (χ2v) is 3.02. The molecule has 1 aromatic heterocycles. The van der Waals surface area contributed by atoms with E-state index in [1.54, 1.807) is 6.07 Å². The third-order valence-electron chi connectivity index (χ3n) is 1.83. The summed E-state index contributed by atoms with van der Waals surface area (Å²) in [6.07, 6.45) is 2.26. The molecule has 6 heteroatoms. The summed E-state index contributed by atoms with van der Waals surface area (Å²) in [5.41, 5.74) is 0.478. The van der Waals surface area contributed by atoms with Gasteiger partial charge < -0.3 is 15.2 Å². The fraction of sp³-hybridized carbons (Fsp3) is 0.500. The maximum atomic E-state index is 8.78. The first kappa shape index (κ1) is 12.4. The lowest BCUT2D eigenvalue weighted by molar-refractivity contribution is 0.0922. The molecule has 0 bridgehead atoms. The Labute approximate surface area is 93.9 Å². The molecule has 0 spiro atoms. The summed E-state index contributed by atoms with van der Waals surface area (Å²) >= 11 is 0. The number of rotatable bonds is 7. The zero-order valence-corrected chi connectivity index (χ0v) is 8.89. The number of hydrogen-bond acceptors (Lipinski definition) is 6. The van der Waals surface area contributed by atoms with Crippen molar-refractivity contribution in [3.63, 3.8) is 0 Å². The molecule has 1 rings (SSSR count). The van der Waals surface area contributed by atoms with E-state index >= 15 is 0 Å². The molecule has 0 aliphatic heterocycles. The highest BCUT2D eigenvalue weighted by Gasteiger charge is 2.01. The Balaban J connectivity index is 2.24. The van der Waals surface area contributed by atoms with Gasteiger partial charge in [-0.15, -0.1) is 5.10 Å². The fourth-order valence-corrected chi connectivity index (χ4v) is 1.10. The summed E-state index contributed by atoms with van der Waals surface area (Å²) in [5.74, 6) is 0.493. The first-order valence-electron chi connectivity index (χ1n) is 5.02. The second kappa shape index (κ2) is 7.56. The number of aromatic nitrogens is 2. The van der Waals surface area contributed by atoms with Crippen molar-refractivity contribution >= 4 is 5.82 Å². The van der Waals surface area contributed by atoms with Crippen LogP contribution in [-0.4, -0.2) is 41.7 Å². The van der Waals surface area contributed by atoms with Crippen LogP contribution in [0, 0.1) is 11.3 Å². The van der Waals surface area contributed by atoms with E-state index in [1.807, 2.05) is 6.07 Å². The minimum atomic E-state index is 0.0379. The Morgan fingerprint density at radius 3 is 3.12 bits per heavy atom. The molecule has 6 nitrogen and oxygen atoms in total. The van der Waals surface area contributed by atoms with Crippen molar-refractivity contribution in [2.45, 2.75) is 6.42 Å². The van der Waals surface area contributed by atoms with E-state index in [9.17, 15) is 0 Å². The molecule has 0 radical (unpaired) electrons. The van der Waals surface area contributed by atoms with Crippen LogP contribution in [0.5, 0.6) is 0 Å². The molecule has 1 heterocycles. The molecule has 0 saturated heterocycles. The Bertz CT molecular complexity index is 351. The molecule has 2 N–H and O–H groups in total. The second-order valence-electron chi connectivity index (χ2n) is 3.02. The van der Waals surface area contributed by atoms with Crippen molar-refractivity contribution < 1.29 is 9.84 Å². The monoisotopic (exact) mass is 222 g/mol. The van der Waals surface area contributed by atoms with Gasteiger partial charge in [-0.1, -0.05) is 0 Å². The molecule has 0 unspecified atom stereocenters. The van der Waals surface area contributed by atoms with Gasteiger partial charge in [0.2, 0.25) is 0 Å². The number of aliphatic hydroxyl groups excluding tert-OH is 1. The van der Waals surface area contributed by atoms with Crippen LogP contribution < -0.4 is 5.32 Å². The molecule has 16 heavy (non-hydrogen) atoms. The number of aliphatic hydroxyl groups is 1. The van der Waals surface area contributed by atoms with E-state index in [0.717, 1.165) is 6.42 Å². The van der Waals surface area contributed by atoms with Crippen LogP contribution in [0.3, 0.4) is 0 Å². The molecule has 0 amide bonds. The minimum absolute atomic E-state index is 0.0379. The summed E-state index contributed by atoms with van der Waals surface area (Å²) in [7, 11) is 0. The largest absolute Gasteiger partial charge is 0.394 e. The summed E-state index contributed by atoms with van der Waals surface area (Å²) < 4.78 is 5.09. The van der Waals surface area contributed by atoms with Crippen LogP contribution in [0.25, 0.3) is 0 Å². The lowest BCUT2D eigenvalue weighted by atomic mass is 10.3. The Kier molecular flexibility index (Phi) is 5.84. The summed E-state index contributed by atoms with van der Waals surface area (Å²) in [6, 6.07) is 3.64. The van der Waals surface area contributed by atoms with Gasteiger partial charge in [0.25, 0.3) is 0 Å². The zero-order chi connectivity index (χ0) is 11.6. The first-order chi connectivity index (χ1) is 7.88. The molecular formula is C10H14N4O2. The predicted octanol–water partition coefficient (Wildman–Crippen LogP) is 0.159. The van der Waals surface area contributed by atoms with Crippen LogP contribution in [-0.2, 0) is 4.74 Å². The van der Waals surface area contributed by atoms with Gasteiger partial charge >= 0.3 is 0 Å². The van der Waals surface area contributed by atoms with Crippen molar-refractivity contribution in [2.24, 2.45) is 0 Å². The molecule has 0 aliphatic carbocycles. The maximum absolute atomic E-state index is 8.78. The van der Waals surface area contributed by atoms with Crippen molar-refractivity contribution in [1.82, 2.24) is 10.2 Å². The minimum Gasteiger partial charge on any atom is -0.394 e. The standard InChI is InChI=1S/C10H14N4O2/c11-8-9-2-4-13-14-10(9)12-3-1-6-16-7-5-15/h2,4,15H,1,3,5-7H2,(H,12,14). The Morgan fingerprint density at radius 2 is 2.38 bits per heavy atom. The highest BCUT2D eigenvalue weighted by atomic mass is 16.5. The van der Waals surface area contributed by atoms with Gasteiger partial charge in [0.1, 0.15) is 6.07 Å². The fourth-order valence-electron chi connectivity index (χ4n) is 1.10. The molecule has 1 aromatic rings. The van der Waals surface area contributed by atoms with E-state index in [0.29, 0.717) is 31.1 Å². The summed E-state index contributed by atoms with van der Waals surface area (Å²) in [4.78, 5) is 0.